The van der Waals surface area contributed by atoms with Gasteiger partial charge in [0, 0.05) is 18.3 Å². The summed E-state index contributed by atoms with van der Waals surface area (Å²) in [5.74, 6) is 0.470. The lowest BCUT2D eigenvalue weighted by molar-refractivity contribution is 0.0353. The molecule has 5 heteroatoms. The third-order valence-corrected chi connectivity index (χ3v) is 4.73. The van der Waals surface area contributed by atoms with Gasteiger partial charge in [0.05, 0.1) is 12.2 Å². The number of hydrogen-bond donors (Lipinski definition) is 1. The molecule has 0 radical (unpaired) electrons. The average molecular weight is 315 g/mol. The van der Waals surface area contributed by atoms with Crippen LogP contribution in [0.5, 0.6) is 5.88 Å². The summed E-state index contributed by atoms with van der Waals surface area (Å²) in [6.45, 7) is 5.11. The molecule has 1 saturated carbocycles. The molecule has 1 unspecified atom stereocenters. The molecule has 0 aromatic carbocycles. The normalized spacial score (nSPS) is 29.9. The minimum atomic E-state index is 0.00462. The Morgan fingerprint density at radius 1 is 1.30 bits per heavy atom. The van der Waals surface area contributed by atoms with Crippen LogP contribution in [0.2, 0.25) is 0 Å². The molecular formula is C18H25N3O2. The largest absolute Gasteiger partial charge is 0.473 e. The molecule has 124 valence electrons. The smallest absolute Gasteiger partial charge is 0.231 e. The number of ether oxygens (including phenoxy) is 2. The lowest BCUT2D eigenvalue weighted by Crippen LogP contribution is -2.42. The van der Waals surface area contributed by atoms with E-state index in [4.69, 9.17) is 14.7 Å². The molecule has 1 N–H and O–H groups in total. The van der Waals surface area contributed by atoms with E-state index < -0.39 is 0 Å². The van der Waals surface area contributed by atoms with Gasteiger partial charge >= 0.3 is 0 Å². The zero-order chi connectivity index (χ0) is 16.3. The topological polar surface area (TPSA) is 67.2 Å². The molecule has 0 spiro atoms. The summed E-state index contributed by atoms with van der Waals surface area (Å²) >= 11 is 0. The van der Waals surface area contributed by atoms with Crippen molar-refractivity contribution in [2.45, 2.75) is 69.7 Å². The maximum Gasteiger partial charge on any atom is 0.231 e. The standard InChI is InChI=1S/C18H25N3O2/c1-18(2)10-15(12-22-18)21-14-5-7-16(8-6-14)23-17-13(11-19)4-3-9-20-17/h3-4,9,14-16,21H,5-8,10,12H2,1-2H3. The highest BCUT2D eigenvalue weighted by Crippen LogP contribution is 2.28. The third-order valence-electron chi connectivity index (χ3n) is 4.73. The van der Waals surface area contributed by atoms with E-state index in [0.717, 1.165) is 38.7 Å². The fourth-order valence-electron chi connectivity index (χ4n) is 3.55. The molecule has 1 aliphatic heterocycles. The summed E-state index contributed by atoms with van der Waals surface area (Å²) in [5, 5.41) is 12.8. The molecular weight excluding hydrogens is 290 g/mol. The van der Waals surface area contributed by atoms with Crippen LogP contribution >= 0.6 is 0 Å². The van der Waals surface area contributed by atoms with Crippen LogP contribution in [0.15, 0.2) is 18.3 Å². The van der Waals surface area contributed by atoms with Crippen LogP contribution < -0.4 is 10.1 Å². The average Bonchev–Trinajstić information content (AvgIpc) is 2.88. The van der Waals surface area contributed by atoms with Gasteiger partial charge in [-0.2, -0.15) is 5.26 Å². The zero-order valence-electron chi connectivity index (χ0n) is 13.9. The van der Waals surface area contributed by atoms with E-state index >= 15 is 0 Å². The minimum absolute atomic E-state index is 0.00462. The molecule has 1 atom stereocenters. The van der Waals surface area contributed by atoms with Crippen molar-refractivity contribution in [3.05, 3.63) is 23.9 Å². The predicted molar refractivity (Wildman–Crippen MR) is 87.2 cm³/mol. The monoisotopic (exact) mass is 315 g/mol. The Morgan fingerprint density at radius 3 is 2.74 bits per heavy atom. The van der Waals surface area contributed by atoms with E-state index in [0.29, 0.717) is 23.5 Å². The van der Waals surface area contributed by atoms with E-state index in [1.165, 1.54) is 0 Å². The number of rotatable bonds is 4. The van der Waals surface area contributed by atoms with Crippen molar-refractivity contribution < 1.29 is 9.47 Å². The first-order valence-electron chi connectivity index (χ1n) is 8.47. The van der Waals surface area contributed by atoms with Gasteiger partial charge in [-0.3, -0.25) is 0 Å². The Balaban J connectivity index is 1.46. The summed E-state index contributed by atoms with van der Waals surface area (Å²) in [5.41, 5.74) is 0.517. The molecule has 1 aromatic heterocycles. The molecule has 1 aromatic rings. The molecule has 2 fully saturated rings. The SMILES string of the molecule is CC1(C)CC(NC2CCC(Oc3ncccc3C#N)CC2)CO1. The van der Waals surface area contributed by atoms with Crippen molar-refractivity contribution in [3.63, 3.8) is 0 Å². The van der Waals surface area contributed by atoms with Crippen LogP contribution in [0.1, 0.15) is 51.5 Å². The number of nitrogens with zero attached hydrogens (tertiary/aromatic N) is 2. The van der Waals surface area contributed by atoms with Crippen molar-refractivity contribution in [2.24, 2.45) is 0 Å². The number of nitriles is 1. The Bertz CT molecular complexity index is 574. The van der Waals surface area contributed by atoms with E-state index in [9.17, 15) is 0 Å². The maximum atomic E-state index is 9.10. The first-order chi connectivity index (χ1) is 11.1. The molecule has 0 bridgehead atoms. The lowest BCUT2D eigenvalue weighted by Gasteiger charge is -2.31. The third kappa shape index (κ3) is 4.21. The Kier molecular flexibility index (Phi) is 4.84. The van der Waals surface area contributed by atoms with E-state index in [1.54, 1.807) is 18.3 Å². The van der Waals surface area contributed by atoms with E-state index in [2.05, 4.69) is 30.2 Å². The fourth-order valence-corrected chi connectivity index (χ4v) is 3.55. The highest BCUT2D eigenvalue weighted by molar-refractivity contribution is 5.37. The van der Waals surface area contributed by atoms with Crippen LogP contribution in [0.25, 0.3) is 0 Å². The van der Waals surface area contributed by atoms with Crippen molar-refractivity contribution in [1.29, 1.82) is 5.26 Å². The highest BCUT2D eigenvalue weighted by atomic mass is 16.5. The van der Waals surface area contributed by atoms with Gasteiger partial charge in [-0.05, 0) is 58.1 Å². The number of nitrogens with one attached hydrogen (secondary N) is 1. The van der Waals surface area contributed by atoms with Gasteiger partial charge in [0.1, 0.15) is 17.7 Å². The maximum absolute atomic E-state index is 9.10. The van der Waals surface area contributed by atoms with E-state index in [1.807, 2.05) is 0 Å². The van der Waals surface area contributed by atoms with E-state index in [-0.39, 0.29) is 11.7 Å². The Labute approximate surface area is 138 Å². The first-order valence-corrected chi connectivity index (χ1v) is 8.47. The van der Waals surface area contributed by atoms with Gasteiger partial charge in [0.2, 0.25) is 5.88 Å². The number of hydrogen-bond acceptors (Lipinski definition) is 5. The number of aromatic nitrogens is 1. The summed E-state index contributed by atoms with van der Waals surface area (Å²) < 4.78 is 11.7. The molecule has 5 nitrogen and oxygen atoms in total. The molecule has 0 amide bonds. The molecule has 1 saturated heterocycles. The van der Waals surface area contributed by atoms with Gasteiger partial charge in [-0.1, -0.05) is 0 Å². The minimum Gasteiger partial charge on any atom is -0.473 e. The van der Waals surface area contributed by atoms with Gasteiger partial charge in [0.15, 0.2) is 0 Å². The highest BCUT2D eigenvalue weighted by Gasteiger charge is 2.34. The van der Waals surface area contributed by atoms with Crippen LogP contribution in [0, 0.1) is 11.3 Å². The zero-order valence-corrected chi connectivity index (χ0v) is 13.9. The quantitative estimate of drug-likeness (QED) is 0.925. The molecule has 2 heterocycles. The second kappa shape index (κ2) is 6.86. The molecule has 23 heavy (non-hydrogen) atoms. The molecule has 1 aliphatic carbocycles. The van der Waals surface area contributed by atoms with Crippen molar-refractivity contribution in [3.8, 4) is 11.9 Å². The van der Waals surface area contributed by atoms with Crippen LogP contribution in [-0.4, -0.2) is 35.4 Å². The lowest BCUT2D eigenvalue weighted by atomic mass is 9.91. The van der Waals surface area contributed by atoms with Gasteiger partial charge in [-0.15, -0.1) is 0 Å². The molecule has 3 rings (SSSR count). The van der Waals surface area contributed by atoms with Gasteiger partial charge in [-0.25, -0.2) is 4.98 Å². The van der Waals surface area contributed by atoms with Crippen molar-refractivity contribution >= 4 is 0 Å². The van der Waals surface area contributed by atoms with Gasteiger partial charge in [0.25, 0.3) is 0 Å². The Hall–Kier alpha value is -1.64. The second-order valence-electron chi connectivity index (χ2n) is 7.20. The first kappa shape index (κ1) is 16.2. The summed E-state index contributed by atoms with van der Waals surface area (Å²) in [4.78, 5) is 4.18. The van der Waals surface area contributed by atoms with Gasteiger partial charge < -0.3 is 14.8 Å². The van der Waals surface area contributed by atoms with Crippen LogP contribution in [-0.2, 0) is 4.74 Å². The predicted octanol–water partition coefficient (Wildman–Crippen LogP) is 2.80. The molecule has 2 aliphatic rings. The summed E-state index contributed by atoms with van der Waals surface area (Å²) in [7, 11) is 0. The summed E-state index contributed by atoms with van der Waals surface area (Å²) in [6.07, 6.45) is 7.08. The van der Waals surface area contributed by atoms with Crippen molar-refractivity contribution in [2.75, 3.05) is 6.61 Å². The fraction of sp³-hybridized carbons (Fsp3) is 0.667. The second-order valence-corrected chi connectivity index (χ2v) is 7.20. The van der Waals surface area contributed by atoms with Crippen LogP contribution in [0.3, 0.4) is 0 Å². The van der Waals surface area contributed by atoms with Crippen molar-refractivity contribution in [1.82, 2.24) is 10.3 Å². The van der Waals surface area contributed by atoms with Crippen LogP contribution in [0.4, 0.5) is 0 Å². The number of pyridine rings is 1. The Morgan fingerprint density at radius 2 is 2.09 bits per heavy atom. The summed E-state index contributed by atoms with van der Waals surface area (Å²) in [6, 6.07) is 6.65.